The van der Waals surface area contributed by atoms with Crippen molar-refractivity contribution >= 4 is 29.0 Å². The summed E-state index contributed by atoms with van der Waals surface area (Å²) in [6, 6.07) is 0.884. The second-order valence-corrected chi connectivity index (χ2v) is 4.27. The van der Waals surface area contributed by atoms with Gasteiger partial charge >= 0.3 is 12.0 Å². The highest BCUT2D eigenvalue weighted by Crippen LogP contribution is 2.08. The average molecular weight is 278 g/mol. The Balaban J connectivity index is 1.91. The number of nitrogens with zero attached hydrogens (tertiary/aromatic N) is 2. The number of urea groups is 1. The van der Waals surface area contributed by atoms with Crippen molar-refractivity contribution in [3.8, 4) is 0 Å². The minimum atomic E-state index is -1.10. The zero-order valence-corrected chi connectivity index (χ0v) is 10.5. The first-order valence-corrected chi connectivity index (χ1v) is 6.19. The lowest BCUT2D eigenvalue weighted by Gasteiger charge is -2.06. The SMILES string of the molecule is O=C(NCc1cscn1)Nc1cncc(C(=O)O)c1. The van der Waals surface area contributed by atoms with Gasteiger partial charge in [-0.3, -0.25) is 4.98 Å². The lowest BCUT2D eigenvalue weighted by molar-refractivity contribution is 0.0696. The Morgan fingerprint density at radius 1 is 1.37 bits per heavy atom. The van der Waals surface area contributed by atoms with Crippen LogP contribution in [0, 0.1) is 0 Å². The number of aromatic carboxylic acids is 1. The van der Waals surface area contributed by atoms with Crippen LogP contribution in [0.15, 0.2) is 29.4 Å². The summed E-state index contributed by atoms with van der Waals surface area (Å²) in [7, 11) is 0. The van der Waals surface area contributed by atoms with Crippen molar-refractivity contribution in [2.24, 2.45) is 0 Å². The molecule has 3 N–H and O–H groups in total. The van der Waals surface area contributed by atoms with Gasteiger partial charge in [0.2, 0.25) is 0 Å². The summed E-state index contributed by atoms with van der Waals surface area (Å²) in [6.45, 7) is 0.307. The van der Waals surface area contributed by atoms with Gasteiger partial charge in [-0.05, 0) is 6.07 Å². The standard InChI is InChI=1S/C11H10N4O3S/c16-10(17)7-1-8(3-12-2-7)15-11(18)13-4-9-5-19-6-14-9/h1-3,5-6H,4H2,(H,16,17)(H2,13,15,18). The molecule has 2 heterocycles. The highest BCUT2D eigenvalue weighted by Gasteiger charge is 2.07. The van der Waals surface area contributed by atoms with Crippen molar-refractivity contribution < 1.29 is 14.7 Å². The molecule has 8 heteroatoms. The van der Waals surface area contributed by atoms with E-state index in [1.165, 1.54) is 29.8 Å². The molecule has 0 radical (unpaired) electrons. The molecule has 0 atom stereocenters. The first-order chi connectivity index (χ1) is 9.15. The number of nitrogens with one attached hydrogen (secondary N) is 2. The van der Waals surface area contributed by atoms with Crippen molar-refractivity contribution in [3.05, 3.63) is 40.6 Å². The van der Waals surface area contributed by atoms with Gasteiger partial charge in [-0.15, -0.1) is 11.3 Å². The van der Waals surface area contributed by atoms with Crippen molar-refractivity contribution in [3.63, 3.8) is 0 Å². The van der Waals surface area contributed by atoms with Gasteiger partial charge in [-0.1, -0.05) is 0 Å². The van der Waals surface area contributed by atoms with Crippen LogP contribution in [-0.2, 0) is 6.54 Å². The molecule has 0 unspecified atom stereocenters. The first-order valence-electron chi connectivity index (χ1n) is 5.25. The summed E-state index contributed by atoms with van der Waals surface area (Å²) < 4.78 is 0. The van der Waals surface area contributed by atoms with Gasteiger partial charge in [-0.2, -0.15) is 0 Å². The molecular weight excluding hydrogens is 268 g/mol. The molecule has 0 fully saturated rings. The number of hydrogen-bond acceptors (Lipinski definition) is 5. The van der Waals surface area contributed by atoms with Crippen LogP contribution in [0.3, 0.4) is 0 Å². The van der Waals surface area contributed by atoms with Gasteiger partial charge in [0.05, 0.1) is 35.2 Å². The van der Waals surface area contributed by atoms with Gasteiger partial charge in [0.15, 0.2) is 0 Å². The third kappa shape index (κ3) is 3.75. The van der Waals surface area contributed by atoms with Crippen LogP contribution in [-0.4, -0.2) is 27.1 Å². The van der Waals surface area contributed by atoms with E-state index in [4.69, 9.17) is 5.11 Å². The van der Waals surface area contributed by atoms with Crippen LogP contribution in [0.2, 0.25) is 0 Å². The van der Waals surface area contributed by atoms with Crippen LogP contribution in [0.25, 0.3) is 0 Å². The molecule has 0 saturated carbocycles. The molecule has 0 spiro atoms. The van der Waals surface area contributed by atoms with Gasteiger partial charge in [-0.25, -0.2) is 14.6 Å². The number of amides is 2. The second kappa shape index (κ2) is 5.91. The van der Waals surface area contributed by atoms with Crippen molar-refractivity contribution in [1.29, 1.82) is 0 Å². The normalized spacial score (nSPS) is 9.89. The fraction of sp³-hybridized carbons (Fsp3) is 0.0909. The number of carbonyl (C=O) groups is 2. The van der Waals surface area contributed by atoms with Crippen molar-refractivity contribution in [1.82, 2.24) is 15.3 Å². The minimum absolute atomic E-state index is 0.0114. The third-order valence-corrected chi connectivity index (χ3v) is 2.79. The van der Waals surface area contributed by atoms with Gasteiger partial charge in [0.1, 0.15) is 0 Å². The van der Waals surface area contributed by atoms with E-state index in [1.54, 1.807) is 5.51 Å². The van der Waals surface area contributed by atoms with E-state index >= 15 is 0 Å². The number of pyridine rings is 1. The highest BCUT2D eigenvalue weighted by atomic mass is 32.1. The number of anilines is 1. The number of rotatable bonds is 4. The molecule has 2 aromatic heterocycles. The quantitative estimate of drug-likeness (QED) is 0.787. The molecule has 0 bridgehead atoms. The van der Waals surface area contributed by atoms with Gasteiger partial charge in [0.25, 0.3) is 0 Å². The molecule has 0 aliphatic carbocycles. The van der Waals surface area contributed by atoms with Crippen LogP contribution in [0.1, 0.15) is 16.1 Å². The van der Waals surface area contributed by atoms with E-state index in [-0.39, 0.29) is 5.56 Å². The Morgan fingerprint density at radius 2 is 2.21 bits per heavy atom. The molecule has 98 valence electrons. The van der Waals surface area contributed by atoms with E-state index in [9.17, 15) is 9.59 Å². The monoisotopic (exact) mass is 278 g/mol. The molecule has 0 aromatic carbocycles. The molecule has 0 aliphatic rings. The summed E-state index contributed by atoms with van der Waals surface area (Å²) in [5, 5.41) is 15.7. The smallest absolute Gasteiger partial charge is 0.337 e. The Labute approximate surface area is 112 Å². The van der Waals surface area contributed by atoms with Crippen LogP contribution >= 0.6 is 11.3 Å². The van der Waals surface area contributed by atoms with Crippen LogP contribution in [0.4, 0.5) is 10.5 Å². The van der Waals surface area contributed by atoms with Crippen LogP contribution < -0.4 is 10.6 Å². The predicted octanol–water partition coefficient (Wildman–Crippen LogP) is 1.56. The number of carboxylic acid groups (broad SMARTS) is 1. The zero-order valence-electron chi connectivity index (χ0n) is 9.66. The summed E-state index contributed by atoms with van der Waals surface area (Å²) in [4.78, 5) is 30.1. The number of carbonyl (C=O) groups excluding carboxylic acids is 1. The number of hydrogen-bond donors (Lipinski definition) is 3. The fourth-order valence-corrected chi connectivity index (χ4v) is 1.85. The molecule has 2 amide bonds. The Hall–Kier alpha value is -2.48. The largest absolute Gasteiger partial charge is 0.478 e. The van der Waals surface area contributed by atoms with Gasteiger partial charge < -0.3 is 15.7 Å². The lowest BCUT2D eigenvalue weighted by Crippen LogP contribution is -2.28. The summed E-state index contributed by atoms with van der Waals surface area (Å²) in [6.07, 6.45) is 2.58. The van der Waals surface area contributed by atoms with E-state index in [2.05, 4.69) is 20.6 Å². The average Bonchev–Trinajstić information content (AvgIpc) is 2.90. The number of aromatic nitrogens is 2. The predicted molar refractivity (Wildman–Crippen MR) is 69.2 cm³/mol. The van der Waals surface area contributed by atoms with Crippen LogP contribution in [0.5, 0.6) is 0 Å². The Bertz CT molecular complexity index is 585. The topological polar surface area (TPSA) is 104 Å². The first kappa shape index (κ1) is 13.0. The maximum absolute atomic E-state index is 11.6. The summed E-state index contributed by atoms with van der Waals surface area (Å²) in [5.74, 6) is -1.10. The second-order valence-electron chi connectivity index (χ2n) is 3.55. The highest BCUT2D eigenvalue weighted by molar-refractivity contribution is 7.07. The van der Waals surface area contributed by atoms with Crippen molar-refractivity contribution in [2.45, 2.75) is 6.54 Å². The third-order valence-electron chi connectivity index (χ3n) is 2.16. The fourth-order valence-electron chi connectivity index (χ4n) is 1.30. The van der Waals surface area contributed by atoms with Crippen molar-refractivity contribution in [2.75, 3.05) is 5.32 Å². The molecule has 7 nitrogen and oxygen atoms in total. The molecule has 2 rings (SSSR count). The van der Waals surface area contributed by atoms with E-state index in [0.29, 0.717) is 12.2 Å². The number of thiazole rings is 1. The van der Waals surface area contributed by atoms with E-state index in [0.717, 1.165) is 5.69 Å². The van der Waals surface area contributed by atoms with E-state index < -0.39 is 12.0 Å². The summed E-state index contributed by atoms with van der Waals surface area (Å²) >= 11 is 1.44. The Morgan fingerprint density at radius 3 is 2.89 bits per heavy atom. The minimum Gasteiger partial charge on any atom is -0.478 e. The maximum Gasteiger partial charge on any atom is 0.337 e. The molecular formula is C11H10N4O3S. The molecule has 0 aliphatic heterocycles. The van der Waals surface area contributed by atoms with E-state index in [1.807, 2.05) is 5.38 Å². The lowest BCUT2D eigenvalue weighted by atomic mass is 10.3. The Kier molecular flexibility index (Phi) is 4.04. The number of carboxylic acids is 1. The van der Waals surface area contributed by atoms with Gasteiger partial charge in [0, 0.05) is 11.6 Å². The maximum atomic E-state index is 11.6. The molecule has 2 aromatic rings. The molecule has 0 saturated heterocycles. The summed E-state index contributed by atoms with van der Waals surface area (Å²) in [5.41, 5.74) is 2.76. The molecule has 19 heavy (non-hydrogen) atoms. The zero-order chi connectivity index (χ0) is 13.7.